The Hall–Kier alpha value is -4.40. The lowest BCUT2D eigenvalue weighted by Gasteiger charge is -2.10. The summed E-state index contributed by atoms with van der Waals surface area (Å²) in [7, 11) is 0. The lowest BCUT2D eigenvalue weighted by atomic mass is 10.1. The first-order valence-corrected chi connectivity index (χ1v) is 10.5. The molecule has 166 valence electrons. The third kappa shape index (κ3) is 4.20. The fourth-order valence-corrected chi connectivity index (χ4v) is 3.55. The molecule has 0 unspecified atom stereocenters. The molecule has 0 saturated heterocycles. The van der Waals surface area contributed by atoms with Crippen LogP contribution in [-0.2, 0) is 6.54 Å². The maximum absolute atomic E-state index is 13.1. The fraction of sp³-hybridized carbons (Fsp3) is 0.167. The predicted octanol–water partition coefficient (Wildman–Crippen LogP) is 3.39. The number of carbonyl (C=O) groups excluding carboxylic acids is 1. The van der Waals surface area contributed by atoms with Gasteiger partial charge in [-0.2, -0.15) is 0 Å². The van der Waals surface area contributed by atoms with Crippen molar-refractivity contribution in [2.75, 3.05) is 13.4 Å². The van der Waals surface area contributed by atoms with Crippen molar-refractivity contribution in [3.8, 4) is 34.2 Å². The van der Waals surface area contributed by atoms with Gasteiger partial charge >= 0.3 is 0 Å². The first-order chi connectivity index (χ1) is 16.2. The molecule has 1 N–H and O–H groups in total. The number of nitrogens with zero attached hydrogens (tertiary/aromatic N) is 4. The van der Waals surface area contributed by atoms with E-state index in [2.05, 4.69) is 20.6 Å². The standard InChI is InChI=1S/C24H21N5O4/c1-2-31-19-6-4-18(5-7-19)29-23(17-9-11-25-12-10-17)22(27-28-29)24(30)26-14-16-3-8-20-21(13-16)33-15-32-20/h3-13H,2,14-15H2,1H3,(H,26,30). The van der Waals surface area contributed by atoms with Crippen molar-refractivity contribution in [1.29, 1.82) is 0 Å². The number of hydrogen-bond acceptors (Lipinski definition) is 7. The highest BCUT2D eigenvalue weighted by Crippen LogP contribution is 2.32. The van der Waals surface area contributed by atoms with Crippen LogP contribution in [0.5, 0.6) is 17.2 Å². The van der Waals surface area contributed by atoms with Crippen molar-refractivity contribution in [3.05, 3.63) is 78.2 Å². The lowest BCUT2D eigenvalue weighted by molar-refractivity contribution is 0.0946. The monoisotopic (exact) mass is 443 g/mol. The molecule has 1 amide bonds. The number of hydrogen-bond donors (Lipinski definition) is 1. The Kier molecular flexibility index (Phi) is 5.59. The summed E-state index contributed by atoms with van der Waals surface area (Å²) in [6.07, 6.45) is 3.33. The van der Waals surface area contributed by atoms with E-state index in [9.17, 15) is 4.79 Å². The molecule has 33 heavy (non-hydrogen) atoms. The van der Waals surface area contributed by atoms with Crippen LogP contribution in [0.4, 0.5) is 0 Å². The third-order valence-electron chi connectivity index (χ3n) is 5.12. The Balaban J connectivity index is 1.43. The van der Waals surface area contributed by atoms with Crippen molar-refractivity contribution in [2.45, 2.75) is 13.5 Å². The van der Waals surface area contributed by atoms with E-state index in [0.717, 1.165) is 22.6 Å². The summed E-state index contributed by atoms with van der Waals surface area (Å²) in [5, 5.41) is 11.4. The van der Waals surface area contributed by atoms with Gasteiger partial charge in [-0.05, 0) is 61.0 Å². The van der Waals surface area contributed by atoms with E-state index in [1.165, 1.54) is 0 Å². The molecule has 1 aliphatic rings. The van der Waals surface area contributed by atoms with Crippen LogP contribution in [0.15, 0.2) is 67.0 Å². The average Bonchev–Trinajstić information content (AvgIpc) is 3.51. The molecule has 0 bridgehead atoms. The quantitative estimate of drug-likeness (QED) is 0.467. The van der Waals surface area contributed by atoms with Crippen LogP contribution in [0.2, 0.25) is 0 Å². The topological polar surface area (TPSA) is 100 Å². The van der Waals surface area contributed by atoms with Crippen molar-refractivity contribution in [2.24, 2.45) is 0 Å². The van der Waals surface area contributed by atoms with Gasteiger partial charge < -0.3 is 19.5 Å². The van der Waals surface area contributed by atoms with Crippen molar-refractivity contribution in [1.82, 2.24) is 25.3 Å². The van der Waals surface area contributed by atoms with E-state index in [0.29, 0.717) is 30.3 Å². The van der Waals surface area contributed by atoms with Crippen molar-refractivity contribution < 1.29 is 19.0 Å². The number of rotatable bonds is 7. The summed E-state index contributed by atoms with van der Waals surface area (Å²) in [6, 6.07) is 16.7. The van der Waals surface area contributed by atoms with E-state index < -0.39 is 0 Å². The van der Waals surface area contributed by atoms with Gasteiger partial charge in [0.25, 0.3) is 5.91 Å². The maximum atomic E-state index is 13.1. The van der Waals surface area contributed by atoms with Gasteiger partial charge in [0, 0.05) is 24.5 Å². The van der Waals surface area contributed by atoms with E-state index in [4.69, 9.17) is 14.2 Å². The number of aromatic nitrogens is 4. The lowest BCUT2D eigenvalue weighted by Crippen LogP contribution is -2.24. The van der Waals surface area contributed by atoms with Gasteiger partial charge in [0.2, 0.25) is 6.79 Å². The molecular formula is C24H21N5O4. The van der Waals surface area contributed by atoms with Gasteiger partial charge in [0.05, 0.1) is 12.3 Å². The van der Waals surface area contributed by atoms with Gasteiger partial charge in [-0.25, -0.2) is 4.68 Å². The molecule has 3 heterocycles. The second-order valence-electron chi connectivity index (χ2n) is 7.23. The average molecular weight is 443 g/mol. The number of ether oxygens (including phenoxy) is 3. The number of pyridine rings is 1. The molecule has 4 aromatic rings. The first-order valence-electron chi connectivity index (χ1n) is 10.5. The van der Waals surface area contributed by atoms with Crippen LogP contribution < -0.4 is 19.5 Å². The molecule has 1 aliphatic heterocycles. The van der Waals surface area contributed by atoms with Crippen LogP contribution in [-0.4, -0.2) is 39.3 Å². The van der Waals surface area contributed by atoms with Gasteiger partial charge in [-0.1, -0.05) is 11.3 Å². The first kappa shape index (κ1) is 20.5. The highest BCUT2D eigenvalue weighted by molar-refractivity contribution is 5.98. The summed E-state index contributed by atoms with van der Waals surface area (Å²) in [4.78, 5) is 17.2. The summed E-state index contributed by atoms with van der Waals surface area (Å²) in [6.45, 7) is 3.02. The highest BCUT2D eigenvalue weighted by atomic mass is 16.7. The minimum absolute atomic E-state index is 0.203. The van der Waals surface area contributed by atoms with Crippen LogP contribution in [0, 0.1) is 0 Å². The zero-order valence-corrected chi connectivity index (χ0v) is 17.9. The second-order valence-corrected chi connectivity index (χ2v) is 7.23. The van der Waals surface area contributed by atoms with E-state index >= 15 is 0 Å². The van der Waals surface area contributed by atoms with Gasteiger partial charge in [0.1, 0.15) is 11.4 Å². The predicted molar refractivity (Wildman–Crippen MR) is 119 cm³/mol. The molecule has 0 atom stereocenters. The van der Waals surface area contributed by atoms with Crippen LogP contribution in [0.25, 0.3) is 16.9 Å². The Morgan fingerprint density at radius 1 is 1.06 bits per heavy atom. The van der Waals surface area contributed by atoms with Gasteiger partial charge in [-0.15, -0.1) is 5.10 Å². The number of amides is 1. The molecule has 0 saturated carbocycles. The highest BCUT2D eigenvalue weighted by Gasteiger charge is 2.22. The molecule has 0 spiro atoms. The molecule has 9 nitrogen and oxygen atoms in total. The SMILES string of the molecule is CCOc1ccc(-n2nnc(C(=O)NCc3ccc4c(c3)OCO4)c2-c2ccncc2)cc1. The molecule has 0 fully saturated rings. The van der Waals surface area contributed by atoms with E-state index in [-0.39, 0.29) is 18.4 Å². The Morgan fingerprint density at radius 3 is 2.64 bits per heavy atom. The van der Waals surface area contributed by atoms with Gasteiger partial charge in [0.15, 0.2) is 17.2 Å². The minimum atomic E-state index is -0.336. The number of carbonyl (C=O) groups is 1. The van der Waals surface area contributed by atoms with Crippen LogP contribution >= 0.6 is 0 Å². The maximum Gasteiger partial charge on any atom is 0.274 e. The smallest absolute Gasteiger partial charge is 0.274 e. The largest absolute Gasteiger partial charge is 0.494 e. The number of nitrogens with one attached hydrogen (secondary N) is 1. The normalized spacial score (nSPS) is 11.9. The van der Waals surface area contributed by atoms with E-state index in [1.807, 2.05) is 61.5 Å². The zero-order valence-electron chi connectivity index (χ0n) is 17.9. The second kappa shape index (κ2) is 8.99. The molecule has 0 radical (unpaired) electrons. The third-order valence-corrected chi connectivity index (χ3v) is 5.12. The molecule has 9 heteroatoms. The molecule has 5 rings (SSSR count). The minimum Gasteiger partial charge on any atom is -0.494 e. The molecule has 2 aromatic heterocycles. The number of benzene rings is 2. The van der Waals surface area contributed by atoms with Crippen LogP contribution in [0.3, 0.4) is 0 Å². The summed E-state index contributed by atoms with van der Waals surface area (Å²) < 4.78 is 17.9. The molecular weight excluding hydrogens is 422 g/mol. The van der Waals surface area contributed by atoms with Crippen LogP contribution in [0.1, 0.15) is 23.0 Å². The summed E-state index contributed by atoms with van der Waals surface area (Å²) in [5.41, 5.74) is 3.21. The zero-order chi connectivity index (χ0) is 22.6. The fourth-order valence-electron chi connectivity index (χ4n) is 3.55. The van der Waals surface area contributed by atoms with Crippen molar-refractivity contribution in [3.63, 3.8) is 0 Å². The van der Waals surface area contributed by atoms with Gasteiger partial charge in [-0.3, -0.25) is 9.78 Å². The summed E-state index contributed by atoms with van der Waals surface area (Å²) >= 11 is 0. The number of fused-ring (bicyclic) bond motifs is 1. The summed E-state index contributed by atoms with van der Waals surface area (Å²) in [5.74, 6) is 1.79. The molecule has 0 aliphatic carbocycles. The Labute approximate surface area is 189 Å². The Bertz CT molecular complexity index is 1270. The molecule has 2 aromatic carbocycles. The Morgan fingerprint density at radius 2 is 1.85 bits per heavy atom. The van der Waals surface area contributed by atoms with Crippen molar-refractivity contribution >= 4 is 5.91 Å². The van der Waals surface area contributed by atoms with E-state index in [1.54, 1.807) is 17.1 Å².